The van der Waals surface area contributed by atoms with E-state index in [-0.39, 0.29) is 35.5 Å². The number of carbonyl (C=O) groups is 3. The van der Waals surface area contributed by atoms with Crippen LogP contribution in [0.25, 0.3) is 0 Å². The monoisotopic (exact) mass is 346 g/mol. The largest absolute Gasteiger partial charge is 0.507 e. The molecule has 4 atom stereocenters. The predicted molar refractivity (Wildman–Crippen MR) is 83.8 cm³/mol. The Morgan fingerprint density at radius 3 is 2.76 bits per heavy atom. The molecule has 4 rings (SSSR count). The number of hydrogen-bond donors (Lipinski definition) is 2. The van der Waals surface area contributed by atoms with Gasteiger partial charge in [-0.3, -0.25) is 14.4 Å². The number of carboxylic acid groups (broad SMARTS) is 1. The third-order valence-electron chi connectivity index (χ3n) is 5.39. The van der Waals surface area contributed by atoms with Gasteiger partial charge in [-0.1, -0.05) is 25.5 Å². The molecule has 0 aromatic heterocycles. The van der Waals surface area contributed by atoms with E-state index < -0.39 is 35.2 Å². The number of ketones is 2. The maximum absolute atomic E-state index is 13.2. The van der Waals surface area contributed by atoms with Gasteiger partial charge in [-0.05, 0) is 12.5 Å². The smallest absolute Gasteiger partial charge is 0.305 e. The zero-order valence-electron chi connectivity index (χ0n) is 13.7. The summed E-state index contributed by atoms with van der Waals surface area (Å²) in [6.07, 6.45) is -0.490. The Balaban J connectivity index is 1.84. The molecule has 7 nitrogen and oxygen atoms in total. The summed E-state index contributed by atoms with van der Waals surface area (Å²) in [7, 11) is 0. The number of rotatable bonds is 4. The number of phenols is 1. The van der Waals surface area contributed by atoms with Crippen LogP contribution in [0.4, 0.5) is 0 Å². The van der Waals surface area contributed by atoms with Crippen molar-refractivity contribution < 1.29 is 34.1 Å². The van der Waals surface area contributed by atoms with Gasteiger partial charge in [-0.2, -0.15) is 0 Å². The van der Waals surface area contributed by atoms with Gasteiger partial charge in [0.05, 0.1) is 24.2 Å². The Hall–Kier alpha value is -2.25. The van der Waals surface area contributed by atoms with Crippen LogP contribution in [0.5, 0.6) is 5.75 Å². The summed E-state index contributed by atoms with van der Waals surface area (Å²) in [5.41, 5.74) is -2.71. The van der Waals surface area contributed by atoms with E-state index >= 15 is 0 Å². The highest BCUT2D eigenvalue weighted by atomic mass is 16.7. The first-order valence-electron chi connectivity index (χ1n) is 8.36. The van der Waals surface area contributed by atoms with Crippen molar-refractivity contribution in [2.24, 2.45) is 0 Å². The number of phenolic OH excluding ortho intramolecular Hbond substituents is 1. The molecule has 0 saturated carbocycles. The summed E-state index contributed by atoms with van der Waals surface area (Å²) in [4.78, 5) is 37.3. The highest BCUT2D eigenvalue weighted by Crippen LogP contribution is 2.64. The first-order valence-corrected chi connectivity index (χ1v) is 8.36. The fourth-order valence-electron chi connectivity index (χ4n) is 4.37. The summed E-state index contributed by atoms with van der Waals surface area (Å²) >= 11 is 0. The molecule has 0 unspecified atom stereocenters. The highest BCUT2D eigenvalue weighted by Gasteiger charge is 2.85. The lowest BCUT2D eigenvalue weighted by Gasteiger charge is -2.38. The SMILES string of the molecule is CCC[C@@H]1O[C@H](CC(=O)O)C[C@]23O[C@]12C(=O)c1c(O)cccc1C3=O. The molecule has 2 saturated heterocycles. The van der Waals surface area contributed by atoms with E-state index in [0.29, 0.717) is 12.8 Å². The third kappa shape index (κ3) is 1.90. The number of benzene rings is 1. The molecule has 1 aromatic rings. The lowest BCUT2D eigenvalue weighted by atomic mass is 9.67. The van der Waals surface area contributed by atoms with E-state index in [9.17, 15) is 19.5 Å². The van der Waals surface area contributed by atoms with E-state index in [1.807, 2.05) is 6.92 Å². The Labute approximate surface area is 143 Å². The number of aromatic hydroxyl groups is 1. The lowest BCUT2D eigenvalue weighted by Crippen LogP contribution is -2.58. The molecule has 25 heavy (non-hydrogen) atoms. The van der Waals surface area contributed by atoms with Gasteiger partial charge in [0.15, 0.2) is 17.0 Å². The second-order valence-electron chi connectivity index (χ2n) is 6.86. The molecule has 2 heterocycles. The van der Waals surface area contributed by atoms with E-state index in [1.165, 1.54) is 18.2 Å². The number of hydrogen-bond acceptors (Lipinski definition) is 6. The van der Waals surface area contributed by atoms with Crippen molar-refractivity contribution >= 4 is 17.5 Å². The van der Waals surface area contributed by atoms with E-state index in [0.717, 1.165) is 0 Å². The standard InChI is InChI=1S/C18H18O7/c1-2-4-12-18-16(23)14-10(5-3-6-11(14)19)15(22)17(18,25-18)8-9(24-12)7-13(20)21/h3,5-6,9,12,19H,2,4,7-8H2,1H3,(H,20,21)/t9-,12+,17-,18+/m1/s1. The average Bonchev–Trinajstić information content (AvgIpc) is 3.25. The number of Topliss-reactive ketones (excluding diaryl/α,β-unsaturated/α-hetero) is 2. The number of carboxylic acids is 1. The average molecular weight is 346 g/mol. The number of carbonyl (C=O) groups excluding carboxylic acids is 2. The molecule has 0 radical (unpaired) electrons. The van der Waals surface area contributed by atoms with Crippen molar-refractivity contribution in [3.8, 4) is 5.75 Å². The van der Waals surface area contributed by atoms with Crippen LogP contribution < -0.4 is 0 Å². The zero-order chi connectivity index (χ0) is 18.0. The summed E-state index contributed by atoms with van der Waals surface area (Å²) in [6.45, 7) is 1.91. The molecular formula is C18H18O7. The van der Waals surface area contributed by atoms with E-state index in [1.54, 1.807) is 0 Å². The molecule has 7 heteroatoms. The zero-order valence-corrected chi connectivity index (χ0v) is 13.7. The molecule has 0 amide bonds. The molecule has 3 aliphatic rings. The van der Waals surface area contributed by atoms with Crippen molar-refractivity contribution in [1.29, 1.82) is 0 Å². The molecule has 2 N–H and O–H groups in total. The first kappa shape index (κ1) is 16.2. The van der Waals surface area contributed by atoms with Gasteiger partial charge in [-0.25, -0.2) is 0 Å². The van der Waals surface area contributed by atoms with Crippen molar-refractivity contribution in [1.82, 2.24) is 0 Å². The number of aliphatic carboxylic acids is 1. The lowest BCUT2D eigenvalue weighted by molar-refractivity contribution is -0.143. The summed E-state index contributed by atoms with van der Waals surface area (Å²) in [6, 6.07) is 4.36. The van der Waals surface area contributed by atoms with Crippen LogP contribution in [0.3, 0.4) is 0 Å². The molecule has 132 valence electrons. The molecule has 0 bridgehead atoms. The van der Waals surface area contributed by atoms with Crippen LogP contribution in [0.1, 0.15) is 53.3 Å². The van der Waals surface area contributed by atoms with Gasteiger partial charge in [0, 0.05) is 12.0 Å². The van der Waals surface area contributed by atoms with E-state index in [4.69, 9.17) is 14.6 Å². The predicted octanol–water partition coefficient (Wildman–Crippen LogP) is 1.71. The van der Waals surface area contributed by atoms with Gasteiger partial charge < -0.3 is 19.7 Å². The quantitative estimate of drug-likeness (QED) is 0.798. The first-order chi connectivity index (χ1) is 11.9. The summed E-state index contributed by atoms with van der Waals surface area (Å²) in [5, 5.41) is 19.2. The fraction of sp³-hybridized carbons (Fsp3) is 0.500. The number of epoxide rings is 1. The van der Waals surface area contributed by atoms with Gasteiger partial charge in [0.25, 0.3) is 0 Å². The Morgan fingerprint density at radius 1 is 1.32 bits per heavy atom. The number of ether oxygens (including phenoxy) is 2. The minimum atomic E-state index is -1.44. The Kier molecular flexibility index (Phi) is 3.33. The second-order valence-corrected chi connectivity index (χ2v) is 6.86. The van der Waals surface area contributed by atoms with Crippen LogP contribution in [-0.2, 0) is 14.3 Å². The van der Waals surface area contributed by atoms with Gasteiger partial charge in [0.1, 0.15) is 5.75 Å². The molecule has 2 aliphatic heterocycles. The van der Waals surface area contributed by atoms with Crippen molar-refractivity contribution in [2.45, 2.75) is 56.0 Å². The van der Waals surface area contributed by atoms with Gasteiger partial charge >= 0.3 is 5.97 Å². The van der Waals surface area contributed by atoms with Crippen LogP contribution in [0.15, 0.2) is 18.2 Å². The highest BCUT2D eigenvalue weighted by molar-refractivity contribution is 6.26. The second kappa shape index (κ2) is 5.12. The minimum Gasteiger partial charge on any atom is -0.507 e. The topological polar surface area (TPSA) is 113 Å². The summed E-state index contributed by atoms with van der Waals surface area (Å²) in [5.74, 6) is -2.11. The van der Waals surface area contributed by atoms with Crippen molar-refractivity contribution in [3.63, 3.8) is 0 Å². The van der Waals surface area contributed by atoms with Crippen molar-refractivity contribution in [3.05, 3.63) is 29.3 Å². The van der Waals surface area contributed by atoms with Crippen LogP contribution in [0.2, 0.25) is 0 Å². The maximum Gasteiger partial charge on any atom is 0.305 e. The Morgan fingerprint density at radius 2 is 2.08 bits per heavy atom. The van der Waals surface area contributed by atoms with Crippen LogP contribution >= 0.6 is 0 Å². The molecule has 2 fully saturated rings. The van der Waals surface area contributed by atoms with Gasteiger partial charge in [-0.15, -0.1) is 0 Å². The molecule has 0 spiro atoms. The number of fused-ring (bicyclic) bond motifs is 1. The third-order valence-corrected chi connectivity index (χ3v) is 5.39. The maximum atomic E-state index is 13.2. The normalized spacial score (nSPS) is 35.6. The Bertz CT molecular complexity index is 801. The molecule has 1 aliphatic carbocycles. The minimum absolute atomic E-state index is 0.0259. The van der Waals surface area contributed by atoms with E-state index in [2.05, 4.69) is 0 Å². The van der Waals surface area contributed by atoms with Crippen LogP contribution in [-0.4, -0.2) is 51.2 Å². The molecule has 1 aromatic carbocycles. The van der Waals surface area contributed by atoms with Gasteiger partial charge in [0.2, 0.25) is 5.78 Å². The molecular weight excluding hydrogens is 328 g/mol. The van der Waals surface area contributed by atoms with Crippen molar-refractivity contribution in [2.75, 3.05) is 0 Å². The fourth-order valence-corrected chi connectivity index (χ4v) is 4.37. The summed E-state index contributed by atoms with van der Waals surface area (Å²) < 4.78 is 11.7. The van der Waals surface area contributed by atoms with Crippen LogP contribution in [0, 0.1) is 0 Å².